The molecule has 0 unspecified atom stereocenters. The zero-order chi connectivity index (χ0) is 20.5. The lowest BCUT2D eigenvalue weighted by molar-refractivity contribution is 0.772. The predicted molar refractivity (Wildman–Crippen MR) is 122 cm³/mol. The first kappa shape index (κ1) is 38.7. The average Bonchev–Trinajstić information content (AvgIpc) is 2.51. The summed E-state index contributed by atoms with van der Waals surface area (Å²) in [4.78, 5) is 0. The summed E-state index contributed by atoms with van der Waals surface area (Å²) in [7, 11) is 0. The lowest BCUT2D eigenvalue weighted by Crippen LogP contribution is -1.71. The smallest absolute Gasteiger partial charge is 0.00271 e. The first-order chi connectivity index (χ1) is 11.6. The molecular weight excluding hydrogens is 288 g/mol. The Morgan fingerprint density at radius 1 is 0.583 bits per heavy atom. The minimum atomic E-state index is 1.25. The van der Waals surface area contributed by atoms with Crippen LogP contribution in [0.4, 0.5) is 0 Å². The van der Waals surface area contributed by atoms with E-state index in [2.05, 4.69) is 79.4 Å². The zero-order valence-corrected chi connectivity index (χ0v) is 19.8. The van der Waals surface area contributed by atoms with Crippen molar-refractivity contribution in [3.8, 4) is 11.8 Å². The van der Waals surface area contributed by atoms with Crippen LogP contribution >= 0.6 is 0 Å². The summed E-state index contributed by atoms with van der Waals surface area (Å²) in [5, 5.41) is 0. The van der Waals surface area contributed by atoms with E-state index in [0.29, 0.717) is 0 Å². The van der Waals surface area contributed by atoms with Crippen molar-refractivity contribution in [1.82, 2.24) is 0 Å². The number of hydrogen-bond donors (Lipinski definition) is 0. The van der Waals surface area contributed by atoms with Crippen molar-refractivity contribution in [3.63, 3.8) is 0 Å². The quantitative estimate of drug-likeness (QED) is 0.346. The zero-order valence-electron chi connectivity index (χ0n) is 19.8. The van der Waals surface area contributed by atoms with Gasteiger partial charge in [0.05, 0.1) is 0 Å². The molecule has 1 aliphatic rings. The SMILES string of the molecule is C1=CCC1.CC.CC#CC.CCC.CCC.CCC.CCCCC. The molecule has 0 spiro atoms. The molecule has 0 radical (unpaired) electrons. The second kappa shape index (κ2) is 79.2. The molecule has 0 heteroatoms. The summed E-state index contributed by atoms with van der Waals surface area (Å²) in [6.07, 6.45) is 14.8. The van der Waals surface area contributed by atoms with Gasteiger partial charge in [-0.1, -0.05) is 120 Å². The van der Waals surface area contributed by atoms with Crippen molar-refractivity contribution < 1.29 is 0 Å². The monoisotopic (exact) mass is 342 g/mol. The Morgan fingerprint density at radius 2 is 0.750 bits per heavy atom. The molecule has 0 amide bonds. The predicted octanol–water partition coefficient (Wildman–Crippen LogP) is 9.84. The number of hydrogen-bond acceptors (Lipinski definition) is 0. The van der Waals surface area contributed by atoms with Crippen molar-refractivity contribution in [1.29, 1.82) is 0 Å². The Labute approximate surface area is 158 Å². The molecule has 0 N–H and O–H groups in total. The number of unbranched alkanes of at least 4 members (excludes halogenated alkanes) is 2. The van der Waals surface area contributed by atoms with Crippen molar-refractivity contribution in [2.24, 2.45) is 0 Å². The van der Waals surface area contributed by atoms with Gasteiger partial charge in [-0.05, 0) is 26.7 Å². The molecule has 0 aromatic heterocycles. The Bertz CT molecular complexity index is 159. The molecule has 0 aromatic rings. The topological polar surface area (TPSA) is 0 Å². The molecule has 1 aliphatic carbocycles. The van der Waals surface area contributed by atoms with Gasteiger partial charge in [-0.25, -0.2) is 0 Å². The van der Waals surface area contributed by atoms with Crippen molar-refractivity contribution in [2.45, 2.75) is 134 Å². The average molecular weight is 343 g/mol. The first-order valence-electron chi connectivity index (χ1n) is 10.6. The standard InChI is InChI=1S/C5H12.2C4H6.3C3H8.C2H6/c1-3-5-4-2;1-2-4-3-1;1-3-4-2;3*1-3-2;1-2/h3-5H2,1-2H3;1-2H,3-4H2;1-2H3;3*3H2,1-2H3;1-2H3. The minimum absolute atomic E-state index is 1.25. The molecule has 0 heterocycles. The maximum Gasteiger partial charge on any atom is -0.00271 e. The fourth-order valence-electron chi connectivity index (χ4n) is 0.520. The Kier molecular flexibility index (Phi) is 128. The van der Waals surface area contributed by atoms with Crippen LogP contribution in [0.5, 0.6) is 0 Å². The van der Waals surface area contributed by atoms with Crippen LogP contribution in [-0.4, -0.2) is 0 Å². The van der Waals surface area contributed by atoms with Crippen molar-refractivity contribution >= 4 is 0 Å². The van der Waals surface area contributed by atoms with Gasteiger partial charge in [0, 0.05) is 0 Å². The second-order valence-electron chi connectivity index (χ2n) is 5.02. The molecule has 0 aliphatic heterocycles. The highest BCUT2D eigenvalue weighted by Gasteiger charge is 1.81. The van der Waals surface area contributed by atoms with E-state index in [1.165, 1.54) is 51.4 Å². The van der Waals surface area contributed by atoms with Gasteiger partial charge in [0.1, 0.15) is 0 Å². The van der Waals surface area contributed by atoms with Crippen LogP contribution in [0.1, 0.15) is 134 Å². The molecule has 0 fully saturated rings. The number of allylic oxidation sites excluding steroid dienone is 2. The summed E-state index contributed by atoms with van der Waals surface area (Å²) in [5.41, 5.74) is 0. The summed E-state index contributed by atoms with van der Waals surface area (Å²) >= 11 is 0. The molecule has 150 valence electrons. The van der Waals surface area contributed by atoms with Crippen LogP contribution in [0.2, 0.25) is 0 Å². The normalized spacial score (nSPS) is 8.17. The largest absolute Gasteiger partial charge is 0.107 e. The maximum atomic E-state index is 2.68. The number of rotatable bonds is 2. The summed E-state index contributed by atoms with van der Waals surface area (Å²) in [6.45, 7) is 24.8. The highest BCUT2D eigenvalue weighted by atomic mass is 13.9. The molecule has 24 heavy (non-hydrogen) atoms. The third-order valence-corrected chi connectivity index (χ3v) is 1.62. The molecule has 1 rings (SSSR count). The molecule has 0 saturated carbocycles. The Balaban J connectivity index is -0.0000000401. The van der Waals surface area contributed by atoms with Crippen LogP contribution in [0.3, 0.4) is 0 Å². The van der Waals surface area contributed by atoms with E-state index in [4.69, 9.17) is 0 Å². The van der Waals surface area contributed by atoms with Gasteiger partial charge < -0.3 is 0 Å². The van der Waals surface area contributed by atoms with Gasteiger partial charge in [-0.2, -0.15) is 0 Å². The molecule has 0 bridgehead atoms. The van der Waals surface area contributed by atoms with E-state index in [-0.39, 0.29) is 0 Å². The van der Waals surface area contributed by atoms with E-state index in [9.17, 15) is 0 Å². The molecule has 0 aromatic carbocycles. The van der Waals surface area contributed by atoms with E-state index >= 15 is 0 Å². The highest BCUT2D eigenvalue weighted by molar-refractivity contribution is 4.93. The third kappa shape index (κ3) is 221. The second-order valence-corrected chi connectivity index (χ2v) is 5.02. The lowest BCUT2D eigenvalue weighted by atomic mass is 10.1. The van der Waals surface area contributed by atoms with Crippen LogP contribution < -0.4 is 0 Å². The van der Waals surface area contributed by atoms with Gasteiger partial charge in [0.2, 0.25) is 0 Å². The molecule has 0 nitrogen and oxygen atoms in total. The van der Waals surface area contributed by atoms with Gasteiger partial charge in [-0.3, -0.25) is 0 Å². The first-order valence-corrected chi connectivity index (χ1v) is 10.6. The maximum absolute atomic E-state index is 2.68. The van der Waals surface area contributed by atoms with E-state index in [1.54, 1.807) is 0 Å². The minimum Gasteiger partial charge on any atom is -0.107 e. The van der Waals surface area contributed by atoms with E-state index in [0.717, 1.165) is 0 Å². The molecule has 0 atom stereocenters. The van der Waals surface area contributed by atoms with Gasteiger partial charge >= 0.3 is 0 Å². The summed E-state index contributed by atoms with van der Waals surface area (Å²) in [6, 6.07) is 0. The third-order valence-electron chi connectivity index (χ3n) is 1.62. The van der Waals surface area contributed by atoms with Gasteiger partial charge in [0.25, 0.3) is 0 Å². The highest BCUT2D eigenvalue weighted by Crippen LogP contribution is 2.01. The van der Waals surface area contributed by atoms with E-state index < -0.39 is 0 Å². The van der Waals surface area contributed by atoms with Crippen LogP contribution in [0, 0.1) is 11.8 Å². The van der Waals surface area contributed by atoms with Crippen LogP contribution in [0.15, 0.2) is 12.2 Å². The van der Waals surface area contributed by atoms with Crippen LogP contribution in [0.25, 0.3) is 0 Å². The van der Waals surface area contributed by atoms with Gasteiger partial charge in [0.15, 0.2) is 0 Å². The van der Waals surface area contributed by atoms with Gasteiger partial charge in [-0.15, -0.1) is 11.8 Å². The molecule has 0 saturated heterocycles. The van der Waals surface area contributed by atoms with Crippen molar-refractivity contribution in [3.05, 3.63) is 12.2 Å². The fourth-order valence-corrected chi connectivity index (χ4v) is 0.520. The van der Waals surface area contributed by atoms with Crippen LogP contribution in [-0.2, 0) is 0 Å². The Hall–Kier alpha value is -0.700. The van der Waals surface area contributed by atoms with E-state index in [1.807, 2.05) is 27.7 Å². The summed E-state index contributed by atoms with van der Waals surface area (Å²) in [5.74, 6) is 5.36. The Morgan fingerprint density at radius 3 is 0.750 bits per heavy atom. The summed E-state index contributed by atoms with van der Waals surface area (Å²) < 4.78 is 0. The fraction of sp³-hybridized carbons (Fsp3) is 0.833. The molecular formula is C24H54. The van der Waals surface area contributed by atoms with Crippen molar-refractivity contribution in [2.75, 3.05) is 0 Å². The lowest BCUT2D eigenvalue weighted by Gasteiger charge is -1.92.